The zero-order valence-corrected chi connectivity index (χ0v) is 11.3. The minimum absolute atomic E-state index is 0.245. The number of hydrogen-bond acceptors (Lipinski definition) is 3. The SMILES string of the molecule is COc1ccccc1[C@@H]1CCCN1CCCC(=O)O. The molecule has 0 amide bonds. The Labute approximate surface area is 114 Å². The van der Waals surface area contributed by atoms with Crippen LogP contribution in [0.3, 0.4) is 0 Å². The molecule has 0 bridgehead atoms. The van der Waals surface area contributed by atoms with Crippen molar-refractivity contribution >= 4 is 5.97 Å². The van der Waals surface area contributed by atoms with Gasteiger partial charge in [0.2, 0.25) is 0 Å². The van der Waals surface area contributed by atoms with Gasteiger partial charge in [-0.3, -0.25) is 9.69 Å². The average Bonchev–Trinajstić information content (AvgIpc) is 2.86. The second kappa shape index (κ2) is 6.57. The number of aliphatic carboxylic acids is 1. The van der Waals surface area contributed by atoms with Crippen molar-refractivity contribution in [2.45, 2.75) is 31.7 Å². The molecule has 1 aromatic carbocycles. The Kier molecular flexibility index (Phi) is 4.80. The lowest BCUT2D eigenvalue weighted by Gasteiger charge is -2.25. The summed E-state index contributed by atoms with van der Waals surface area (Å²) >= 11 is 0. The molecule has 0 saturated carbocycles. The Bertz CT molecular complexity index is 433. The van der Waals surface area contributed by atoms with Crippen molar-refractivity contribution in [3.63, 3.8) is 0 Å². The van der Waals surface area contributed by atoms with Gasteiger partial charge in [0.1, 0.15) is 5.75 Å². The van der Waals surface area contributed by atoms with E-state index in [9.17, 15) is 4.79 Å². The first-order chi connectivity index (χ1) is 9.22. The molecule has 1 atom stereocenters. The van der Waals surface area contributed by atoms with Crippen LogP contribution in [-0.4, -0.2) is 36.2 Å². The number of methoxy groups -OCH3 is 1. The molecule has 0 spiro atoms. The maximum absolute atomic E-state index is 10.6. The molecular formula is C15H21NO3. The van der Waals surface area contributed by atoms with E-state index in [-0.39, 0.29) is 6.42 Å². The number of hydrogen-bond donors (Lipinski definition) is 1. The predicted octanol–water partition coefficient (Wildman–Crippen LogP) is 2.70. The monoisotopic (exact) mass is 263 g/mol. The molecule has 1 saturated heterocycles. The quantitative estimate of drug-likeness (QED) is 0.857. The summed E-state index contributed by atoms with van der Waals surface area (Å²) in [5.41, 5.74) is 1.22. The molecule has 0 radical (unpaired) electrons. The van der Waals surface area contributed by atoms with Crippen LogP contribution in [0.15, 0.2) is 24.3 Å². The molecule has 1 fully saturated rings. The standard InChI is InChI=1S/C15H21NO3/c1-19-14-8-3-2-6-12(14)13-7-4-10-16(13)11-5-9-15(17)18/h2-3,6,8,13H,4-5,7,9-11H2,1H3,(H,17,18)/t13-/m0/s1. The van der Waals surface area contributed by atoms with Crippen LogP contribution in [0.4, 0.5) is 0 Å². The normalized spacial score (nSPS) is 19.5. The van der Waals surface area contributed by atoms with Gasteiger partial charge in [0.15, 0.2) is 0 Å². The minimum Gasteiger partial charge on any atom is -0.496 e. The highest BCUT2D eigenvalue weighted by molar-refractivity contribution is 5.66. The van der Waals surface area contributed by atoms with Crippen molar-refractivity contribution in [2.75, 3.05) is 20.2 Å². The lowest BCUT2D eigenvalue weighted by Crippen LogP contribution is -2.25. The van der Waals surface area contributed by atoms with Crippen LogP contribution in [0, 0.1) is 0 Å². The van der Waals surface area contributed by atoms with Crippen LogP contribution in [-0.2, 0) is 4.79 Å². The van der Waals surface area contributed by atoms with Gasteiger partial charge < -0.3 is 9.84 Å². The van der Waals surface area contributed by atoms with Gasteiger partial charge in [-0.2, -0.15) is 0 Å². The summed E-state index contributed by atoms with van der Waals surface area (Å²) in [7, 11) is 1.70. The molecule has 4 nitrogen and oxygen atoms in total. The van der Waals surface area contributed by atoms with Gasteiger partial charge >= 0.3 is 5.97 Å². The first kappa shape index (κ1) is 13.9. The summed E-state index contributed by atoms with van der Waals surface area (Å²) in [4.78, 5) is 13.0. The largest absolute Gasteiger partial charge is 0.496 e. The number of likely N-dealkylation sites (tertiary alicyclic amines) is 1. The van der Waals surface area contributed by atoms with E-state index in [1.165, 1.54) is 5.56 Å². The first-order valence-corrected chi connectivity index (χ1v) is 6.81. The molecule has 2 rings (SSSR count). The van der Waals surface area contributed by atoms with Gasteiger partial charge in [0.05, 0.1) is 7.11 Å². The molecule has 0 aromatic heterocycles. The number of rotatable bonds is 6. The summed E-state index contributed by atoms with van der Waals surface area (Å²) in [6, 6.07) is 8.48. The molecular weight excluding hydrogens is 242 g/mol. The van der Waals surface area contributed by atoms with E-state index in [0.29, 0.717) is 12.5 Å². The second-order valence-electron chi connectivity index (χ2n) is 4.93. The molecule has 1 aliphatic heterocycles. The number of nitrogens with zero attached hydrogens (tertiary/aromatic N) is 1. The van der Waals surface area contributed by atoms with Crippen molar-refractivity contribution in [2.24, 2.45) is 0 Å². The van der Waals surface area contributed by atoms with Crippen LogP contribution in [0.1, 0.15) is 37.3 Å². The third-order valence-corrected chi connectivity index (χ3v) is 3.70. The molecule has 1 N–H and O–H groups in total. The van der Waals surface area contributed by atoms with Gasteiger partial charge in [-0.15, -0.1) is 0 Å². The number of carbonyl (C=O) groups is 1. The van der Waals surface area contributed by atoms with Crippen LogP contribution < -0.4 is 4.74 Å². The smallest absolute Gasteiger partial charge is 0.303 e. The topological polar surface area (TPSA) is 49.8 Å². The maximum Gasteiger partial charge on any atom is 0.303 e. The van der Waals surface area contributed by atoms with Crippen molar-refractivity contribution < 1.29 is 14.6 Å². The lowest BCUT2D eigenvalue weighted by atomic mass is 10.0. The van der Waals surface area contributed by atoms with Crippen LogP contribution >= 0.6 is 0 Å². The van der Waals surface area contributed by atoms with Crippen LogP contribution in [0.25, 0.3) is 0 Å². The molecule has 1 heterocycles. The van der Waals surface area contributed by atoms with E-state index in [1.807, 2.05) is 18.2 Å². The van der Waals surface area contributed by atoms with Gasteiger partial charge in [-0.1, -0.05) is 18.2 Å². The zero-order valence-electron chi connectivity index (χ0n) is 11.3. The Hall–Kier alpha value is -1.55. The van der Waals surface area contributed by atoms with E-state index in [1.54, 1.807) is 7.11 Å². The summed E-state index contributed by atoms with van der Waals surface area (Å²) in [6.07, 6.45) is 3.24. The molecule has 19 heavy (non-hydrogen) atoms. The van der Waals surface area contributed by atoms with E-state index >= 15 is 0 Å². The Morgan fingerprint density at radius 2 is 2.26 bits per heavy atom. The molecule has 1 aromatic rings. The fraction of sp³-hybridized carbons (Fsp3) is 0.533. The van der Waals surface area contributed by atoms with E-state index in [4.69, 9.17) is 9.84 Å². The van der Waals surface area contributed by atoms with Gasteiger partial charge in [-0.25, -0.2) is 0 Å². The summed E-state index contributed by atoms with van der Waals surface area (Å²) in [5, 5.41) is 8.71. The van der Waals surface area contributed by atoms with Crippen molar-refractivity contribution in [1.82, 2.24) is 4.90 Å². The average molecular weight is 263 g/mol. The Morgan fingerprint density at radius 1 is 1.47 bits per heavy atom. The molecule has 0 unspecified atom stereocenters. The highest BCUT2D eigenvalue weighted by Gasteiger charge is 2.27. The third kappa shape index (κ3) is 3.47. The fourth-order valence-electron chi connectivity index (χ4n) is 2.82. The van der Waals surface area contributed by atoms with Gasteiger partial charge in [-0.05, 0) is 38.4 Å². The molecule has 0 aliphatic carbocycles. The molecule has 104 valence electrons. The van der Waals surface area contributed by atoms with E-state index < -0.39 is 5.97 Å². The minimum atomic E-state index is -0.715. The fourth-order valence-corrected chi connectivity index (χ4v) is 2.82. The third-order valence-electron chi connectivity index (χ3n) is 3.70. The number of benzene rings is 1. The summed E-state index contributed by atoms with van der Waals surface area (Å²) < 4.78 is 5.43. The first-order valence-electron chi connectivity index (χ1n) is 6.81. The number of carboxylic acids is 1. The highest BCUT2D eigenvalue weighted by Crippen LogP contribution is 2.36. The highest BCUT2D eigenvalue weighted by atomic mass is 16.5. The van der Waals surface area contributed by atoms with Crippen molar-refractivity contribution in [3.8, 4) is 5.75 Å². The number of ether oxygens (including phenoxy) is 1. The van der Waals surface area contributed by atoms with Crippen LogP contribution in [0.2, 0.25) is 0 Å². The zero-order chi connectivity index (χ0) is 13.7. The van der Waals surface area contributed by atoms with E-state index in [2.05, 4.69) is 11.0 Å². The van der Waals surface area contributed by atoms with Crippen molar-refractivity contribution in [1.29, 1.82) is 0 Å². The summed E-state index contributed by atoms with van der Waals surface area (Å²) in [6.45, 7) is 1.89. The number of carboxylic acid groups (broad SMARTS) is 1. The summed E-state index contributed by atoms with van der Waals surface area (Å²) in [5.74, 6) is 0.214. The van der Waals surface area contributed by atoms with Crippen molar-refractivity contribution in [3.05, 3.63) is 29.8 Å². The predicted molar refractivity (Wildman–Crippen MR) is 73.4 cm³/mol. The molecule has 1 aliphatic rings. The van der Waals surface area contributed by atoms with Gasteiger partial charge in [0, 0.05) is 18.0 Å². The second-order valence-corrected chi connectivity index (χ2v) is 4.93. The molecule has 4 heteroatoms. The number of para-hydroxylation sites is 1. The van der Waals surface area contributed by atoms with E-state index in [0.717, 1.165) is 31.7 Å². The lowest BCUT2D eigenvalue weighted by molar-refractivity contribution is -0.137. The maximum atomic E-state index is 10.6. The Morgan fingerprint density at radius 3 is 3.00 bits per heavy atom. The van der Waals surface area contributed by atoms with Crippen LogP contribution in [0.5, 0.6) is 5.75 Å². The Balaban J connectivity index is 2.03. The van der Waals surface area contributed by atoms with Gasteiger partial charge in [0.25, 0.3) is 0 Å².